The molecule has 8 heteroatoms. The molecule has 21 heavy (non-hydrogen) atoms. The highest BCUT2D eigenvalue weighted by molar-refractivity contribution is 7.89. The molecule has 3 N–H and O–H groups in total. The summed E-state index contributed by atoms with van der Waals surface area (Å²) < 4.78 is 41.9. The topological polar surface area (TPSA) is 90.0 Å². The zero-order valence-electron chi connectivity index (χ0n) is 11.8. The summed E-state index contributed by atoms with van der Waals surface area (Å²) in [4.78, 5) is -0.133. The predicted molar refractivity (Wildman–Crippen MR) is 76.3 cm³/mol. The summed E-state index contributed by atoms with van der Waals surface area (Å²) in [5.74, 6) is -0.620. The van der Waals surface area contributed by atoms with Crippen LogP contribution in [-0.2, 0) is 30.2 Å². The lowest BCUT2D eigenvalue weighted by Gasteiger charge is -2.10. The van der Waals surface area contributed by atoms with Gasteiger partial charge >= 0.3 is 0 Å². The van der Waals surface area contributed by atoms with Crippen molar-refractivity contribution in [2.24, 2.45) is 12.8 Å². The second-order valence-corrected chi connectivity index (χ2v) is 6.43. The van der Waals surface area contributed by atoms with Gasteiger partial charge in [0.05, 0.1) is 10.6 Å². The van der Waals surface area contributed by atoms with Crippen LogP contribution in [0, 0.1) is 12.7 Å². The number of benzene rings is 1. The van der Waals surface area contributed by atoms with Crippen molar-refractivity contribution in [1.82, 2.24) is 14.5 Å². The van der Waals surface area contributed by atoms with E-state index in [-0.39, 0.29) is 18.0 Å². The van der Waals surface area contributed by atoms with Gasteiger partial charge in [-0.1, -0.05) is 6.07 Å². The van der Waals surface area contributed by atoms with Crippen LogP contribution in [0.3, 0.4) is 0 Å². The molecule has 0 amide bonds. The Bertz CT molecular complexity index is 756. The van der Waals surface area contributed by atoms with Gasteiger partial charge in [-0.05, 0) is 24.6 Å². The molecule has 114 valence electrons. The number of hydrogen-bond donors (Lipinski definition) is 2. The van der Waals surface area contributed by atoms with Crippen LogP contribution in [0.25, 0.3) is 0 Å². The minimum absolute atomic E-state index is 0.0163. The maximum atomic E-state index is 13.3. The molecule has 0 aliphatic rings. The highest BCUT2D eigenvalue weighted by atomic mass is 32.2. The van der Waals surface area contributed by atoms with Crippen LogP contribution in [0.2, 0.25) is 0 Å². The first kappa shape index (κ1) is 15.6. The fourth-order valence-corrected chi connectivity index (χ4v) is 3.29. The summed E-state index contributed by atoms with van der Waals surface area (Å²) in [5.41, 5.74) is 7.36. The van der Waals surface area contributed by atoms with Crippen molar-refractivity contribution in [3.63, 3.8) is 0 Å². The van der Waals surface area contributed by atoms with Crippen molar-refractivity contribution in [2.75, 3.05) is 0 Å². The molecule has 0 fully saturated rings. The number of hydrogen-bond acceptors (Lipinski definition) is 4. The third kappa shape index (κ3) is 3.46. The van der Waals surface area contributed by atoms with Gasteiger partial charge in [0.15, 0.2) is 0 Å². The first-order chi connectivity index (χ1) is 9.83. The average molecular weight is 312 g/mol. The number of nitrogens with two attached hydrogens (primary N) is 1. The molecule has 0 atom stereocenters. The molecule has 1 aromatic heterocycles. The Morgan fingerprint density at radius 1 is 1.38 bits per heavy atom. The third-order valence-corrected chi connectivity index (χ3v) is 4.59. The van der Waals surface area contributed by atoms with Crippen molar-refractivity contribution in [1.29, 1.82) is 0 Å². The molecule has 6 nitrogen and oxygen atoms in total. The maximum absolute atomic E-state index is 13.3. The molecular weight excluding hydrogens is 295 g/mol. The Kier molecular flexibility index (Phi) is 4.40. The molecule has 1 aromatic carbocycles. The summed E-state index contributed by atoms with van der Waals surface area (Å²) in [6.07, 6.45) is 1.73. The fourth-order valence-electron chi connectivity index (χ4n) is 2.02. The molecule has 0 saturated heterocycles. The van der Waals surface area contributed by atoms with Crippen LogP contribution in [0.1, 0.15) is 16.8 Å². The molecule has 0 radical (unpaired) electrons. The summed E-state index contributed by atoms with van der Waals surface area (Å²) in [6, 6.07) is 3.53. The third-order valence-electron chi connectivity index (χ3n) is 3.11. The van der Waals surface area contributed by atoms with Gasteiger partial charge < -0.3 is 5.73 Å². The number of aromatic nitrogens is 2. The minimum atomic E-state index is -3.84. The summed E-state index contributed by atoms with van der Waals surface area (Å²) in [7, 11) is -2.08. The van der Waals surface area contributed by atoms with Crippen LogP contribution in [0.4, 0.5) is 4.39 Å². The van der Waals surface area contributed by atoms with Crippen molar-refractivity contribution >= 4 is 10.0 Å². The molecule has 0 aliphatic carbocycles. The van der Waals surface area contributed by atoms with Gasteiger partial charge in [-0.3, -0.25) is 4.68 Å². The molecule has 2 rings (SSSR count). The zero-order valence-corrected chi connectivity index (χ0v) is 12.6. The predicted octanol–water partition coefficient (Wildman–Crippen LogP) is 0.805. The van der Waals surface area contributed by atoms with E-state index in [0.717, 1.165) is 17.3 Å². The number of rotatable bonds is 5. The number of nitrogens with one attached hydrogen (secondary N) is 1. The molecule has 0 spiro atoms. The van der Waals surface area contributed by atoms with Crippen LogP contribution in [0.15, 0.2) is 29.3 Å². The summed E-state index contributed by atoms with van der Waals surface area (Å²) in [6.45, 7) is 1.89. The molecule has 0 unspecified atom stereocenters. The van der Waals surface area contributed by atoms with Crippen LogP contribution in [0.5, 0.6) is 0 Å². The van der Waals surface area contributed by atoms with E-state index in [1.807, 2.05) is 0 Å². The quantitative estimate of drug-likeness (QED) is 0.854. The van der Waals surface area contributed by atoms with Crippen LogP contribution in [-0.4, -0.2) is 18.2 Å². The van der Waals surface area contributed by atoms with Gasteiger partial charge in [-0.15, -0.1) is 0 Å². The van der Waals surface area contributed by atoms with E-state index in [1.165, 1.54) is 12.1 Å². The Labute approximate surface area is 122 Å². The first-order valence-electron chi connectivity index (χ1n) is 6.31. The van der Waals surface area contributed by atoms with Crippen LogP contribution >= 0.6 is 0 Å². The SMILES string of the molecule is Cc1nn(C)cc1CNS(=O)(=O)c1cc(F)ccc1CN. The van der Waals surface area contributed by atoms with E-state index in [1.54, 1.807) is 24.9 Å². The van der Waals surface area contributed by atoms with E-state index >= 15 is 0 Å². The summed E-state index contributed by atoms with van der Waals surface area (Å²) in [5, 5.41) is 4.13. The lowest BCUT2D eigenvalue weighted by molar-refractivity contribution is 0.575. The second kappa shape index (κ2) is 5.92. The lowest BCUT2D eigenvalue weighted by atomic mass is 10.2. The van der Waals surface area contributed by atoms with Crippen molar-refractivity contribution in [3.05, 3.63) is 47.0 Å². The van der Waals surface area contributed by atoms with E-state index in [0.29, 0.717) is 5.56 Å². The molecular formula is C13H17FN4O2S. The van der Waals surface area contributed by atoms with Gasteiger partial charge in [0.2, 0.25) is 10.0 Å². The largest absolute Gasteiger partial charge is 0.326 e. The van der Waals surface area contributed by atoms with E-state index in [2.05, 4.69) is 9.82 Å². The first-order valence-corrected chi connectivity index (χ1v) is 7.79. The van der Waals surface area contributed by atoms with Gasteiger partial charge in [-0.25, -0.2) is 17.5 Å². The normalized spacial score (nSPS) is 11.8. The smallest absolute Gasteiger partial charge is 0.241 e. The minimum Gasteiger partial charge on any atom is -0.326 e. The van der Waals surface area contributed by atoms with Gasteiger partial charge in [0.1, 0.15) is 5.82 Å². The van der Waals surface area contributed by atoms with Gasteiger partial charge in [0.25, 0.3) is 0 Å². The Balaban J connectivity index is 2.26. The number of sulfonamides is 1. The molecule has 0 saturated carbocycles. The molecule has 0 bridgehead atoms. The standard InChI is InChI=1S/C13H17FN4O2S/c1-9-11(8-18(2)17-9)7-16-21(19,20)13-5-12(14)4-3-10(13)6-15/h3-5,8,16H,6-7,15H2,1-2H3. The van der Waals surface area contributed by atoms with Gasteiger partial charge in [0, 0.05) is 31.9 Å². The van der Waals surface area contributed by atoms with Crippen molar-refractivity contribution < 1.29 is 12.8 Å². The van der Waals surface area contributed by atoms with Crippen LogP contribution < -0.4 is 10.5 Å². The van der Waals surface area contributed by atoms with E-state index in [4.69, 9.17) is 5.73 Å². The van der Waals surface area contributed by atoms with E-state index in [9.17, 15) is 12.8 Å². The second-order valence-electron chi connectivity index (χ2n) is 4.69. The highest BCUT2D eigenvalue weighted by Crippen LogP contribution is 2.17. The Morgan fingerprint density at radius 3 is 2.67 bits per heavy atom. The molecule has 0 aliphatic heterocycles. The van der Waals surface area contributed by atoms with E-state index < -0.39 is 15.8 Å². The summed E-state index contributed by atoms with van der Waals surface area (Å²) >= 11 is 0. The lowest BCUT2D eigenvalue weighted by Crippen LogP contribution is -2.25. The van der Waals surface area contributed by atoms with Crippen molar-refractivity contribution in [3.8, 4) is 0 Å². The maximum Gasteiger partial charge on any atom is 0.241 e. The fraction of sp³-hybridized carbons (Fsp3) is 0.308. The number of aryl methyl sites for hydroxylation is 2. The zero-order chi connectivity index (χ0) is 15.6. The molecule has 2 aromatic rings. The number of nitrogens with zero attached hydrogens (tertiary/aromatic N) is 2. The van der Waals surface area contributed by atoms with Gasteiger partial charge in [-0.2, -0.15) is 5.10 Å². The monoisotopic (exact) mass is 312 g/mol. The molecule has 1 heterocycles. The van der Waals surface area contributed by atoms with Crippen molar-refractivity contribution in [2.45, 2.75) is 24.9 Å². The Hall–Kier alpha value is -1.77. The highest BCUT2D eigenvalue weighted by Gasteiger charge is 2.19. The average Bonchev–Trinajstić information content (AvgIpc) is 2.75. The Morgan fingerprint density at radius 2 is 2.10 bits per heavy atom. The number of halogens is 1.